The molecule has 0 aliphatic carbocycles. The topological polar surface area (TPSA) is 67.6 Å². The molecule has 128 valence electrons. The molecular weight excluding hydrogens is 290 g/mol. The number of hydrogen-bond acceptors (Lipinski definition) is 4. The zero-order valence-corrected chi connectivity index (χ0v) is 14.0. The van der Waals surface area contributed by atoms with Crippen molar-refractivity contribution in [2.75, 3.05) is 32.8 Å². The lowest BCUT2D eigenvalue weighted by Gasteiger charge is -2.31. The van der Waals surface area contributed by atoms with Crippen molar-refractivity contribution in [1.82, 2.24) is 10.2 Å². The maximum absolute atomic E-state index is 12.3. The molecule has 0 saturated carbocycles. The quantitative estimate of drug-likeness (QED) is 0.755. The fourth-order valence-corrected chi connectivity index (χ4v) is 2.91. The number of hydrogen-bond donors (Lipinski definition) is 2. The summed E-state index contributed by atoms with van der Waals surface area (Å²) in [6.45, 7) is 6.25. The van der Waals surface area contributed by atoms with Gasteiger partial charge in [0.2, 0.25) is 5.91 Å². The Morgan fingerprint density at radius 2 is 2.00 bits per heavy atom. The average Bonchev–Trinajstić information content (AvgIpc) is 2.57. The van der Waals surface area contributed by atoms with Gasteiger partial charge in [-0.3, -0.25) is 9.69 Å². The van der Waals surface area contributed by atoms with Crippen molar-refractivity contribution in [2.45, 2.75) is 38.3 Å². The Labute approximate surface area is 139 Å². The fraction of sp³-hybridized carbons (Fsp3) is 0.611. The third-order valence-electron chi connectivity index (χ3n) is 4.19. The summed E-state index contributed by atoms with van der Waals surface area (Å²) in [5.41, 5.74) is 7.19. The number of nitrogens with one attached hydrogen (secondary N) is 1. The molecule has 2 atom stereocenters. The van der Waals surface area contributed by atoms with E-state index in [1.807, 2.05) is 25.1 Å². The molecule has 0 aromatic heterocycles. The molecule has 3 N–H and O–H groups in total. The molecule has 5 heteroatoms. The van der Waals surface area contributed by atoms with E-state index in [0.29, 0.717) is 0 Å². The van der Waals surface area contributed by atoms with Crippen LogP contribution in [0.15, 0.2) is 30.3 Å². The maximum Gasteiger partial charge on any atom is 0.237 e. The second kappa shape index (κ2) is 9.65. The third-order valence-corrected chi connectivity index (χ3v) is 4.19. The van der Waals surface area contributed by atoms with E-state index >= 15 is 0 Å². The van der Waals surface area contributed by atoms with Gasteiger partial charge in [-0.25, -0.2) is 0 Å². The number of nitrogens with two attached hydrogens (primary N) is 1. The number of amides is 1. The van der Waals surface area contributed by atoms with Crippen molar-refractivity contribution in [2.24, 2.45) is 5.73 Å². The van der Waals surface area contributed by atoms with E-state index < -0.39 is 6.04 Å². The molecule has 1 aromatic rings. The smallest absolute Gasteiger partial charge is 0.237 e. The van der Waals surface area contributed by atoms with E-state index in [9.17, 15) is 4.79 Å². The van der Waals surface area contributed by atoms with E-state index in [0.717, 1.165) is 52.1 Å². The predicted octanol–water partition coefficient (Wildman–Crippen LogP) is 1.17. The number of ether oxygens (including phenoxy) is 1. The van der Waals surface area contributed by atoms with Crippen LogP contribution in [0.2, 0.25) is 0 Å². The van der Waals surface area contributed by atoms with Gasteiger partial charge in [0.05, 0.1) is 19.3 Å². The molecule has 0 bridgehead atoms. The summed E-state index contributed by atoms with van der Waals surface area (Å²) in [6, 6.07) is 9.94. The van der Waals surface area contributed by atoms with Gasteiger partial charge >= 0.3 is 0 Å². The van der Waals surface area contributed by atoms with Crippen molar-refractivity contribution in [3.05, 3.63) is 35.9 Å². The summed E-state index contributed by atoms with van der Waals surface area (Å²) in [7, 11) is 0. The average molecular weight is 319 g/mol. The molecule has 1 amide bonds. The number of benzene rings is 1. The summed E-state index contributed by atoms with van der Waals surface area (Å²) >= 11 is 0. The summed E-state index contributed by atoms with van der Waals surface area (Å²) in [6.07, 6.45) is 2.46. The zero-order chi connectivity index (χ0) is 16.5. The Morgan fingerprint density at radius 3 is 2.65 bits per heavy atom. The Morgan fingerprint density at radius 1 is 1.30 bits per heavy atom. The van der Waals surface area contributed by atoms with E-state index in [4.69, 9.17) is 10.5 Å². The second-order valence-electron chi connectivity index (χ2n) is 6.20. The van der Waals surface area contributed by atoms with Gasteiger partial charge in [0.15, 0.2) is 0 Å². The lowest BCUT2D eigenvalue weighted by molar-refractivity contribution is -0.123. The van der Waals surface area contributed by atoms with Gasteiger partial charge in [0.1, 0.15) is 0 Å². The van der Waals surface area contributed by atoms with Crippen LogP contribution in [0.1, 0.15) is 25.3 Å². The van der Waals surface area contributed by atoms with Gasteiger partial charge in [0.25, 0.3) is 0 Å². The molecule has 2 unspecified atom stereocenters. The van der Waals surface area contributed by atoms with Crippen molar-refractivity contribution >= 4 is 5.91 Å². The number of nitrogens with zero attached hydrogens (tertiary/aromatic N) is 1. The summed E-state index contributed by atoms with van der Waals surface area (Å²) in [5, 5.41) is 3.15. The predicted molar refractivity (Wildman–Crippen MR) is 92.2 cm³/mol. The SMILES string of the molecule is CCCC(N)C(=O)NC(Cc1ccccc1)CN1CCOCC1. The Balaban J connectivity index is 1.96. The van der Waals surface area contributed by atoms with Crippen LogP contribution in [0, 0.1) is 0 Å². The Bertz CT molecular complexity index is 461. The molecule has 1 aliphatic heterocycles. The first-order valence-electron chi connectivity index (χ1n) is 8.59. The Hall–Kier alpha value is -1.43. The van der Waals surface area contributed by atoms with Gasteiger partial charge in [-0.1, -0.05) is 43.7 Å². The van der Waals surface area contributed by atoms with Crippen LogP contribution in [-0.4, -0.2) is 55.7 Å². The van der Waals surface area contributed by atoms with Gasteiger partial charge in [-0.15, -0.1) is 0 Å². The molecule has 0 spiro atoms. The van der Waals surface area contributed by atoms with E-state index in [-0.39, 0.29) is 11.9 Å². The molecule has 0 radical (unpaired) electrons. The first-order valence-corrected chi connectivity index (χ1v) is 8.59. The molecule has 1 heterocycles. The van der Waals surface area contributed by atoms with Crippen molar-refractivity contribution in [1.29, 1.82) is 0 Å². The molecule has 1 aliphatic rings. The van der Waals surface area contributed by atoms with Crippen LogP contribution in [0.25, 0.3) is 0 Å². The lowest BCUT2D eigenvalue weighted by Crippen LogP contribution is -2.52. The van der Waals surface area contributed by atoms with Crippen LogP contribution in [0.5, 0.6) is 0 Å². The van der Waals surface area contributed by atoms with Crippen molar-refractivity contribution < 1.29 is 9.53 Å². The molecular formula is C18H29N3O2. The minimum absolute atomic E-state index is 0.0407. The standard InChI is InChI=1S/C18H29N3O2/c1-2-6-17(19)18(22)20-16(13-15-7-4-3-5-8-15)14-21-9-11-23-12-10-21/h3-5,7-8,16-17H,2,6,9-14,19H2,1H3,(H,20,22). The minimum Gasteiger partial charge on any atom is -0.379 e. The Kier molecular flexibility index (Phi) is 7.52. The number of carbonyl (C=O) groups excluding carboxylic acids is 1. The lowest BCUT2D eigenvalue weighted by atomic mass is 10.0. The molecule has 5 nitrogen and oxygen atoms in total. The highest BCUT2D eigenvalue weighted by atomic mass is 16.5. The first kappa shape index (κ1) is 17.9. The van der Waals surface area contributed by atoms with E-state index in [1.165, 1.54) is 5.56 Å². The van der Waals surface area contributed by atoms with Crippen LogP contribution in [0.4, 0.5) is 0 Å². The third kappa shape index (κ3) is 6.29. The highest BCUT2D eigenvalue weighted by molar-refractivity contribution is 5.81. The largest absolute Gasteiger partial charge is 0.379 e. The van der Waals surface area contributed by atoms with E-state index in [1.54, 1.807) is 0 Å². The van der Waals surface area contributed by atoms with Gasteiger partial charge < -0.3 is 15.8 Å². The van der Waals surface area contributed by atoms with Crippen molar-refractivity contribution in [3.8, 4) is 0 Å². The molecule has 1 aromatic carbocycles. The van der Waals surface area contributed by atoms with Gasteiger partial charge in [0, 0.05) is 25.7 Å². The maximum atomic E-state index is 12.3. The highest BCUT2D eigenvalue weighted by Gasteiger charge is 2.21. The minimum atomic E-state index is -0.414. The first-order chi connectivity index (χ1) is 11.2. The number of carbonyl (C=O) groups is 1. The monoisotopic (exact) mass is 319 g/mol. The van der Waals surface area contributed by atoms with Crippen LogP contribution in [0.3, 0.4) is 0 Å². The number of morpholine rings is 1. The summed E-state index contributed by atoms with van der Waals surface area (Å²) in [4.78, 5) is 14.6. The van der Waals surface area contributed by atoms with Crippen LogP contribution < -0.4 is 11.1 Å². The molecule has 1 fully saturated rings. The van der Waals surface area contributed by atoms with Crippen LogP contribution in [-0.2, 0) is 16.0 Å². The molecule has 1 saturated heterocycles. The van der Waals surface area contributed by atoms with Crippen molar-refractivity contribution in [3.63, 3.8) is 0 Å². The normalized spacial score (nSPS) is 18.3. The summed E-state index contributed by atoms with van der Waals surface area (Å²) in [5.74, 6) is -0.0407. The zero-order valence-electron chi connectivity index (χ0n) is 14.0. The van der Waals surface area contributed by atoms with Gasteiger partial charge in [-0.2, -0.15) is 0 Å². The fourth-order valence-electron chi connectivity index (χ4n) is 2.91. The number of rotatable bonds is 8. The van der Waals surface area contributed by atoms with E-state index in [2.05, 4.69) is 22.3 Å². The molecule has 2 rings (SSSR count). The highest BCUT2D eigenvalue weighted by Crippen LogP contribution is 2.07. The molecule has 23 heavy (non-hydrogen) atoms. The van der Waals surface area contributed by atoms with Gasteiger partial charge in [-0.05, 0) is 18.4 Å². The summed E-state index contributed by atoms with van der Waals surface area (Å²) < 4.78 is 5.40. The van der Waals surface area contributed by atoms with Crippen LogP contribution >= 0.6 is 0 Å². The second-order valence-corrected chi connectivity index (χ2v) is 6.20.